The average Bonchev–Trinajstić information content (AvgIpc) is 2.33. The number of nitrogen functional groups attached to an aromatic ring is 1. The minimum atomic E-state index is 0.191. The second-order valence-corrected chi connectivity index (χ2v) is 4.78. The van der Waals surface area contributed by atoms with Gasteiger partial charge < -0.3 is 5.73 Å². The largest absolute Gasteiger partial charge is 0.398 e. The summed E-state index contributed by atoms with van der Waals surface area (Å²) >= 11 is 0. The number of Topliss-reactive ketones (excluding diaryl/α,β-unsaturated/α-hetero) is 1. The number of hydrogen-bond donors (Lipinski definition) is 1. The van der Waals surface area contributed by atoms with Gasteiger partial charge in [0, 0.05) is 30.1 Å². The van der Waals surface area contributed by atoms with Crippen LogP contribution in [-0.2, 0) is 11.2 Å². The summed E-state index contributed by atoms with van der Waals surface area (Å²) < 4.78 is 0. The number of nitrogens with two attached hydrogens (primary N) is 1. The third-order valence-corrected chi connectivity index (χ3v) is 3.32. The molecular formula is C14H18N2O. The Labute approximate surface area is 102 Å². The number of allylic oxidation sites excluding steroid dienone is 2. The first-order chi connectivity index (χ1) is 8.16. The van der Waals surface area contributed by atoms with Gasteiger partial charge in [0.2, 0.25) is 0 Å². The maximum absolute atomic E-state index is 12.1. The van der Waals surface area contributed by atoms with Gasteiger partial charge >= 0.3 is 0 Å². The second-order valence-electron chi connectivity index (χ2n) is 4.78. The molecular weight excluding hydrogens is 212 g/mol. The molecule has 0 saturated heterocycles. The molecule has 1 aliphatic rings. The molecule has 90 valence electrons. The van der Waals surface area contributed by atoms with Gasteiger partial charge in [0.15, 0.2) is 5.78 Å². The van der Waals surface area contributed by atoms with Crippen molar-refractivity contribution < 1.29 is 4.79 Å². The molecule has 0 bridgehead atoms. The van der Waals surface area contributed by atoms with Crippen LogP contribution in [0, 0.1) is 5.92 Å². The first-order valence-corrected chi connectivity index (χ1v) is 6.07. The second kappa shape index (κ2) is 5.13. The van der Waals surface area contributed by atoms with Gasteiger partial charge in [0.05, 0.1) is 0 Å². The zero-order valence-corrected chi connectivity index (χ0v) is 10.1. The molecule has 0 aliphatic heterocycles. The molecule has 0 aromatic carbocycles. The van der Waals surface area contributed by atoms with Gasteiger partial charge in [0.25, 0.3) is 0 Å². The van der Waals surface area contributed by atoms with E-state index in [2.05, 4.69) is 18.0 Å². The van der Waals surface area contributed by atoms with Crippen molar-refractivity contribution in [3.63, 3.8) is 0 Å². The number of pyridine rings is 1. The Balaban J connectivity index is 2.05. The summed E-state index contributed by atoms with van der Waals surface area (Å²) in [5.74, 6) is 0.895. The molecule has 0 saturated carbocycles. The zero-order valence-electron chi connectivity index (χ0n) is 10.1. The van der Waals surface area contributed by atoms with E-state index >= 15 is 0 Å². The van der Waals surface area contributed by atoms with Gasteiger partial charge in [0.1, 0.15) is 0 Å². The molecule has 1 aromatic heterocycles. The first kappa shape index (κ1) is 11.8. The van der Waals surface area contributed by atoms with Crippen molar-refractivity contribution in [1.82, 2.24) is 4.98 Å². The maximum atomic E-state index is 12.1. The predicted octanol–water partition coefficient (Wildman–Crippen LogP) is 2.52. The van der Waals surface area contributed by atoms with E-state index in [1.165, 1.54) is 0 Å². The van der Waals surface area contributed by atoms with Crippen LogP contribution in [0.4, 0.5) is 5.69 Å². The SMILES string of the molecule is CC1CC=C(C(=O)Cc2cnccc2N)CC1. The summed E-state index contributed by atoms with van der Waals surface area (Å²) in [4.78, 5) is 16.1. The van der Waals surface area contributed by atoms with Gasteiger partial charge in [-0.25, -0.2) is 0 Å². The van der Waals surface area contributed by atoms with Crippen molar-refractivity contribution in [2.24, 2.45) is 5.92 Å². The van der Waals surface area contributed by atoms with Gasteiger partial charge in [-0.3, -0.25) is 9.78 Å². The Morgan fingerprint density at radius 2 is 2.41 bits per heavy atom. The van der Waals surface area contributed by atoms with Gasteiger partial charge in [-0.05, 0) is 36.8 Å². The number of anilines is 1. The van der Waals surface area contributed by atoms with Crippen molar-refractivity contribution in [2.45, 2.75) is 32.6 Å². The summed E-state index contributed by atoms with van der Waals surface area (Å²) in [7, 11) is 0. The van der Waals surface area contributed by atoms with Crippen molar-refractivity contribution >= 4 is 11.5 Å². The molecule has 2 rings (SSSR count). The molecule has 0 radical (unpaired) electrons. The van der Waals surface area contributed by atoms with Crippen LogP contribution in [0.1, 0.15) is 31.7 Å². The van der Waals surface area contributed by atoms with Crippen LogP contribution < -0.4 is 5.73 Å². The fourth-order valence-electron chi connectivity index (χ4n) is 2.09. The summed E-state index contributed by atoms with van der Waals surface area (Å²) in [6, 6.07) is 1.74. The number of carbonyl (C=O) groups excluding carboxylic acids is 1. The van der Waals surface area contributed by atoms with Crippen LogP contribution >= 0.6 is 0 Å². The molecule has 1 heterocycles. The fourth-order valence-corrected chi connectivity index (χ4v) is 2.09. The minimum Gasteiger partial charge on any atom is -0.398 e. The molecule has 3 heteroatoms. The highest BCUT2D eigenvalue weighted by molar-refractivity contribution is 5.97. The van der Waals surface area contributed by atoms with E-state index in [0.717, 1.165) is 30.4 Å². The maximum Gasteiger partial charge on any atom is 0.163 e. The van der Waals surface area contributed by atoms with Gasteiger partial charge in [-0.15, -0.1) is 0 Å². The highest BCUT2D eigenvalue weighted by atomic mass is 16.1. The van der Waals surface area contributed by atoms with Crippen LogP contribution in [0.3, 0.4) is 0 Å². The lowest BCUT2D eigenvalue weighted by atomic mass is 9.88. The Hall–Kier alpha value is -1.64. The molecule has 2 N–H and O–H groups in total. The Kier molecular flexibility index (Phi) is 3.57. The Morgan fingerprint density at radius 3 is 3.06 bits per heavy atom. The predicted molar refractivity (Wildman–Crippen MR) is 68.5 cm³/mol. The number of nitrogens with zero attached hydrogens (tertiary/aromatic N) is 1. The summed E-state index contributed by atoms with van der Waals surface area (Å²) in [6.45, 7) is 2.22. The lowest BCUT2D eigenvalue weighted by Crippen LogP contribution is -2.12. The fraction of sp³-hybridized carbons (Fsp3) is 0.429. The number of aromatic nitrogens is 1. The van der Waals surface area contributed by atoms with Crippen molar-refractivity contribution in [1.29, 1.82) is 0 Å². The third-order valence-electron chi connectivity index (χ3n) is 3.32. The smallest absolute Gasteiger partial charge is 0.163 e. The molecule has 1 unspecified atom stereocenters. The number of carbonyl (C=O) groups is 1. The van der Waals surface area contributed by atoms with Crippen LogP contribution in [-0.4, -0.2) is 10.8 Å². The van der Waals surface area contributed by atoms with Gasteiger partial charge in [-0.2, -0.15) is 0 Å². The highest BCUT2D eigenvalue weighted by Crippen LogP contribution is 2.24. The molecule has 0 fully saturated rings. The van der Waals surface area contributed by atoms with E-state index < -0.39 is 0 Å². The van der Waals surface area contributed by atoms with Crippen LogP contribution in [0.5, 0.6) is 0 Å². The molecule has 1 aromatic rings. The van der Waals surface area contributed by atoms with E-state index in [4.69, 9.17) is 5.73 Å². The number of rotatable bonds is 3. The molecule has 1 atom stereocenters. The molecule has 0 spiro atoms. The van der Waals surface area contributed by atoms with Crippen molar-refractivity contribution in [3.8, 4) is 0 Å². The Morgan fingerprint density at radius 1 is 1.59 bits per heavy atom. The summed E-state index contributed by atoms with van der Waals surface area (Å²) in [6.07, 6.45) is 8.82. The van der Waals surface area contributed by atoms with E-state index in [-0.39, 0.29) is 5.78 Å². The molecule has 1 aliphatic carbocycles. The minimum absolute atomic E-state index is 0.191. The Bertz CT molecular complexity index is 451. The number of hydrogen-bond acceptors (Lipinski definition) is 3. The quantitative estimate of drug-likeness (QED) is 0.868. The highest BCUT2D eigenvalue weighted by Gasteiger charge is 2.16. The van der Waals surface area contributed by atoms with Crippen LogP contribution in [0.2, 0.25) is 0 Å². The average molecular weight is 230 g/mol. The normalized spacial score (nSPS) is 19.8. The van der Waals surface area contributed by atoms with Crippen molar-refractivity contribution in [2.75, 3.05) is 5.73 Å². The van der Waals surface area contributed by atoms with E-state index in [0.29, 0.717) is 18.0 Å². The van der Waals surface area contributed by atoms with E-state index in [9.17, 15) is 4.79 Å². The lowest BCUT2D eigenvalue weighted by molar-refractivity contribution is -0.115. The van der Waals surface area contributed by atoms with Crippen LogP contribution in [0.25, 0.3) is 0 Å². The zero-order chi connectivity index (χ0) is 12.3. The standard InChI is InChI=1S/C14H18N2O/c1-10-2-4-11(5-3-10)14(17)8-12-9-16-7-6-13(12)15/h4,6-7,9-10H,2-3,5,8H2,1H3,(H2,15,16). The third kappa shape index (κ3) is 2.93. The van der Waals surface area contributed by atoms with Crippen LogP contribution in [0.15, 0.2) is 30.1 Å². The molecule has 0 amide bonds. The molecule has 3 nitrogen and oxygen atoms in total. The topological polar surface area (TPSA) is 56.0 Å². The van der Waals surface area contributed by atoms with E-state index in [1.807, 2.05) is 0 Å². The monoisotopic (exact) mass is 230 g/mol. The first-order valence-electron chi connectivity index (χ1n) is 6.07. The van der Waals surface area contributed by atoms with Crippen molar-refractivity contribution in [3.05, 3.63) is 35.7 Å². The van der Waals surface area contributed by atoms with E-state index in [1.54, 1.807) is 18.5 Å². The number of ketones is 1. The lowest BCUT2D eigenvalue weighted by Gasteiger charge is -2.17. The molecule has 17 heavy (non-hydrogen) atoms. The summed E-state index contributed by atoms with van der Waals surface area (Å²) in [5, 5.41) is 0. The van der Waals surface area contributed by atoms with Gasteiger partial charge in [-0.1, -0.05) is 13.0 Å². The summed E-state index contributed by atoms with van der Waals surface area (Å²) in [5.41, 5.74) is 8.25.